The van der Waals surface area contributed by atoms with Gasteiger partial charge in [-0.3, -0.25) is 37.3 Å². The third-order valence-corrected chi connectivity index (χ3v) is 19.9. The largest absolute Gasteiger partial charge is 0.472 e. The van der Waals surface area contributed by atoms with Gasteiger partial charge in [-0.1, -0.05) is 314 Å². The number of carbonyl (C=O) groups is 4. The lowest BCUT2D eigenvalue weighted by molar-refractivity contribution is -0.161. The van der Waals surface area contributed by atoms with Crippen molar-refractivity contribution < 1.29 is 80.2 Å². The van der Waals surface area contributed by atoms with Crippen LogP contribution in [0.15, 0.2) is 158 Å². The zero-order valence-corrected chi connectivity index (χ0v) is 72.1. The third kappa shape index (κ3) is 82.7. The van der Waals surface area contributed by atoms with E-state index in [0.29, 0.717) is 32.1 Å². The van der Waals surface area contributed by atoms with Gasteiger partial charge in [0.25, 0.3) is 0 Å². The Labute approximate surface area is 680 Å². The van der Waals surface area contributed by atoms with Crippen molar-refractivity contribution in [3.8, 4) is 0 Å². The summed E-state index contributed by atoms with van der Waals surface area (Å²) in [5, 5.41) is 10.7. The van der Waals surface area contributed by atoms with Crippen LogP contribution in [0.4, 0.5) is 0 Å². The Morgan fingerprint density at radius 3 is 0.795 bits per heavy atom. The van der Waals surface area contributed by atoms with Gasteiger partial charge in [-0.2, -0.15) is 0 Å². The summed E-state index contributed by atoms with van der Waals surface area (Å²) in [5.74, 6) is -2.31. The Morgan fingerprint density at radius 1 is 0.259 bits per heavy atom. The Balaban J connectivity index is 5.48. The van der Waals surface area contributed by atoms with Crippen molar-refractivity contribution in [1.29, 1.82) is 0 Å². The highest BCUT2D eigenvalue weighted by Crippen LogP contribution is 2.45. The van der Waals surface area contributed by atoms with Crippen LogP contribution < -0.4 is 0 Å². The first-order valence-corrected chi connectivity index (χ1v) is 46.7. The van der Waals surface area contributed by atoms with Crippen molar-refractivity contribution in [2.45, 2.75) is 367 Å². The van der Waals surface area contributed by atoms with Crippen molar-refractivity contribution in [2.75, 3.05) is 39.6 Å². The topological polar surface area (TPSA) is 237 Å². The van der Waals surface area contributed by atoms with Gasteiger partial charge >= 0.3 is 39.5 Å². The zero-order valence-electron chi connectivity index (χ0n) is 70.3. The average molecular weight is 1610 g/mol. The summed E-state index contributed by atoms with van der Waals surface area (Å²) in [6.45, 7) is 4.61. The van der Waals surface area contributed by atoms with Gasteiger partial charge < -0.3 is 33.8 Å². The number of esters is 4. The van der Waals surface area contributed by atoms with E-state index in [0.717, 1.165) is 186 Å². The summed E-state index contributed by atoms with van der Waals surface area (Å²) in [4.78, 5) is 73.3. The summed E-state index contributed by atoms with van der Waals surface area (Å²) >= 11 is 0. The summed E-state index contributed by atoms with van der Waals surface area (Å²) in [6.07, 6.45) is 99.2. The Bertz CT molecular complexity index is 2740. The van der Waals surface area contributed by atoms with Crippen molar-refractivity contribution >= 4 is 39.5 Å². The number of rotatable bonds is 81. The highest BCUT2D eigenvalue weighted by Gasteiger charge is 2.30. The number of phosphoric acid groups is 2. The Hall–Kier alpha value is -5.32. The number of carbonyl (C=O) groups excluding carboxylic acids is 4. The van der Waals surface area contributed by atoms with Crippen LogP contribution >= 0.6 is 15.6 Å². The summed E-state index contributed by atoms with van der Waals surface area (Å²) < 4.78 is 68.8. The van der Waals surface area contributed by atoms with Gasteiger partial charge in [0.1, 0.15) is 19.3 Å². The molecule has 0 spiro atoms. The van der Waals surface area contributed by atoms with Gasteiger partial charge in [0.15, 0.2) is 12.2 Å². The van der Waals surface area contributed by atoms with Crippen molar-refractivity contribution in [2.24, 2.45) is 0 Å². The predicted molar refractivity (Wildman–Crippen MR) is 464 cm³/mol. The first kappa shape index (κ1) is 107. The predicted octanol–water partition coefficient (Wildman–Crippen LogP) is 26.3. The molecule has 0 saturated carbocycles. The molecular weight excluding hydrogens is 1450 g/mol. The molecule has 640 valence electrons. The molecule has 112 heavy (non-hydrogen) atoms. The van der Waals surface area contributed by atoms with E-state index in [2.05, 4.69) is 167 Å². The number of hydrogen-bond donors (Lipinski definition) is 3. The SMILES string of the molecule is CC/C=C\C/C=C\C/C=C\C/C=C\C/C=C\C/C=C\CCC(=O)OCC(COP(=O)(O)OCC(O)COP(=O)(O)OCC(COC(=O)CCCCCCCC/C=C\C/C=C\C/C=C\CCCCC)OC(=O)CCCCCCCC/C=C\C/C=C\C/C=C\CCCCC)OC(=O)CCCCCCC/C=C\CCCCCCCC. The number of hydrogen-bond acceptors (Lipinski definition) is 15. The molecule has 19 heteroatoms. The summed E-state index contributed by atoms with van der Waals surface area (Å²) in [6, 6.07) is 0. The van der Waals surface area contributed by atoms with Gasteiger partial charge in [-0.05, 0) is 167 Å². The number of unbranched alkanes of at least 4 members (excludes halogenated alkanes) is 29. The maximum Gasteiger partial charge on any atom is 0.472 e. The molecular formula is C93H156O17P2. The standard InChI is InChI=1S/C93H156O17P2/c1-5-9-13-17-21-25-29-33-37-40-43-46-50-53-57-61-65-69-73-77-90(95)103-83-88(109-92(97)79-75-71-67-63-59-55-49-36-32-28-24-20-16-12-8-4)85-107-111(99,100)105-81-87(94)82-106-112(101,102)108-86-89(110-93(98)80-76-72-68-64-60-56-52-48-45-42-39-35-31-27-23-19-15-11-7-3)84-104-91(96)78-74-70-66-62-58-54-51-47-44-41-38-34-30-26-22-18-14-10-6-2/h9,13,21-23,25-27,33-39,43-49,53,57,65,69,87-89,94H,5-8,10-12,14-20,24,28-32,40-42,50-52,54-56,58-64,66-68,70-86H2,1-4H3,(H,99,100)(H,101,102)/b13-9-,25-21-,26-22-,27-23-,37-33-,38-34-,39-35-,46-43-,47-44-,48-45-,49-36-,57-53-,69-65-. The molecule has 0 heterocycles. The minimum absolute atomic E-state index is 0.0306. The fourth-order valence-corrected chi connectivity index (χ4v) is 12.9. The molecule has 0 bridgehead atoms. The Kier molecular flexibility index (Phi) is 79.6. The molecule has 0 aromatic carbocycles. The maximum absolute atomic E-state index is 13.2. The van der Waals surface area contributed by atoms with Gasteiger partial charge in [-0.25, -0.2) is 9.13 Å². The van der Waals surface area contributed by atoms with Crippen LogP contribution in [0.1, 0.15) is 349 Å². The molecule has 0 rings (SSSR count). The first-order chi connectivity index (χ1) is 54.7. The zero-order chi connectivity index (χ0) is 81.7. The van der Waals surface area contributed by atoms with Crippen LogP contribution in [0.2, 0.25) is 0 Å². The molecule has 0 aliphatic carbocycles. The first-order valence-electron chi connectivity index (χ1n) is 43.7. The van der Waals surface area contributed by atoms with Crippen LogP contribution in [0.5, 0.6) is 0 Å². The van der Waals surface area contributed by atoms with E-state index in [-0.39, 0.29) is 25.7 Å². The molecule has 0 radical (unpaired) electrons. The smallest absolute Gasteiger partial charge is 0.462 e. The van der Waals surface area contributed by atoms with E-state index in [9.17, 15) is 43.2 Å². The molecule has 0 aliphatic heterocycles. The molecule has 0 aromatic rings. The van der Waals surface area contributed by atoms with Crippen LogP contribution in [-0.2, 0) is 65.4 Å². The molecule has 0 aromatic heterocycles. The van der Waals surface area contributed by atoms with Crippen molar-refractivity contribution in [3.05, 3.63) is 158 Å². The molecule has 0 fully saturated rings. The fourth-order valence-electron chi connectivity index (χ4n) is 11.3. The van der Waals surface area contributed by atoms with Crippen molar-refractivity contribution in [1.82, 2.24) is 0 Å². The lowest BCUT2D eigenvalue weighted by atomic mass is 10.1. The van der Waals surface area contributed by atoms with Gasteiger partial charge in [0.05, 0.1) is 26.4 Å². The molecule has 5 atom stereocenters. The second kappa shape index (κ2) is 83.6. The summed E-state index contributed by atoms with van der Waals surface area (Å²) in [7, 11) is -10.0. The van der Waals surface area contributed by atoms with E-state index < -0.39 is 97.5 Å². The van der Waals surface area contributed by atoms with Crippen LogP contribution in [0, 0.1) is 0 Å². The van der Waals surface area contributed by atoms with Gasteiger partial charge in [0, 0.05) is 25.7 Å². The molecule has 17 nitrogen and oxygen atoms in total. The van der Waals surface area contributed by atoms with Crippen molar-refractivity contribution in [3.63, 3.8) is 0 Å². The van der Waals surface area contributed by atoms with E-state index in [4.69, 9.17) is 37.0 Å². The normalized spacial score (nSPS) is 14.5. The number of aliphatic hydroxyl groups is 1. The monoisotopic (exact) mass is 1610 g/mol. The van der Waals surface area contributed by atoms with Crippen LogP contribution in [-0.4, -0.2) is 96.7 Å². The highest BCUT2D eigenvalue weighted by molar-refractivity contribution is 7.47. The van der Waals surface area contributed by atoms with Gasteiger partial charge in [-0.15, -0.1) is 0 Å². The summed E-state index contributed by atoms with van der Waals surface area (Å²) in [5.41, 5.74) is 0. The van der Waals surface area contributed by atoms with E-state index in [1.54, 1.807) is 0 Å². The highest BCUT2D eigenvalue weighted by atomic mass is 31.2. The van der Waals surface area contributed by atoms with Gasteiger partial charge in [0.2, 0.25) is 0 Å². The quantitative estimate of drug-likeness (QED) is 0.0169. The molecule has 3 N–H and O–H groups in total. The molecule has 5 unspecified atom stereocenters. The maximum atomic E-state index is 13.2. The molecule has 0 amide bonds. The average Bonchev–Trinajstić information content (AvgIpc) is 0.898. The fraction of sp³-hybridized carbons (Fsp3) is 0.677. The number of ether oxygens (including phenoxy) is 4. The van der Waals surface area contributed by atoms with Crippen LogP contribution in [0.25, 0.3) is 0 Å². The van der Waals surface area contributed by atoms with E-state index in [1.165, 1.54) is 77.0 Å². The third-order valence-electron chi connectivity index (χ3n) is 18.0. The van der Waals surface area contributed by atoms with Crippen LogP contribution in [0.3, 0.4) is 0 Å². The Morgan fingerprint density at radius 2 is 0.482 bits per heavy atom. The second-order valence-electron chi connectivity index (χ2n) is 28.7. The minimum Gasteiger partial charge on any atom is -0.462 e. The lowest BCUT2D eigenvalue weighted by Crippen LogP contribution is -2.30. The number of phosphoric ester groups is 2. The number of aliphatic hydroxyl groups excluding tert-OH is 1. The lowest BCUT2D eigenvalue weighted by Gasteiger charge is -2.21. The molecule has 0 saturated heterocycles. The number of allylic oxidation sites excluding steroid dienone is 26. The second-order valence-corrected chi connectivity index (χ2v) is 31.6. The minimum atomic E-state index is -5.01. The van der Waals surface area contributed by atoms with E-state index >= 15 is 0 Å². The van der Waals surface area contributed by atoms with E-state index in [1.807, 2.05) is 18.2 Å². The molecule has 0 aliphatic rings.